The highest BCUT2D eigenvalue weighted by atomic mass is 32.2. The lowest BCUT2D eigenvalue weighted by Gasteiger charge is -2.24. The Kier molecular flexibility index (Phi) is 6.64. The zero-order valence-electron chi connectivity index (χ0n) is 12.8. The molecule has 1 aromatic carbocycles. The average Bonchev–Trinajstić information content (AvgIpc) is 2.44. The first-order valence-corrected chi connectivity index (χ1v) is 8.39. The van der Waals surface area contributed by atoms with Gasteiger partial charge in [-0.25, -0.2) is 17.5 Å². The van der Waals surface area contributed by atoms with E-state index in [1.54, 1.807) is 13.8 Å². The third-order valence-electron chi connectivity index (χ3n) is 3.01. The van der Waals surface area contributed by atoms with Crippen molar-refractivity contribution in [2.45, 2.75) is 31.2 Å². The number of hydrogen-bond acceptors (Lipinski definition) is 4. The van der Waals surface area contributed by atoms with Crippen molar-refractivity contribution >= 4 is 21.9 Å². The smallest absolute Gasteiger partial charge is 0.323 e. The van der Waals surface area contributed by atoms with E-state index in [0.717, 1.165) is 17.0 Å². The first-order valence-electron chi connectivity index (χ1n) is 6.90. The molecule has 128 valence electrons. The second-order valence-corrected chi connectivity index (χ2v) is 6.82. The van der Waals surface area contributed by atoms with E-state index < -0.39 is 39.2 Å². The number of carbonyl (C=O) groups is 2. The molecule has 0 aromatic heterocycles. The van der Waals surface area contributed by atoms with Gasteiger partial charge < -0.3 is 10.0 Å². The van der Waals surface area contributed by atoms with Crippen LogP contribution in [0.5, 0.6) is 0 Å². The molecule has 0 aliphatic heterocycles. The molecule has 0 unspecified atom stereocenters. The van der Waals surface area contributed by atoms with Gasteiger partial charge in [-0.1, -0.05) is 12.1 Å². The van der Waals surface area contributed by atoms with Crippen LogP contribution in [0.3, 0.4) is 0 Å². The molecule has 1 rings (SSSR count). The number of carboxylic acids is 1. The molecule has 1 aromatic rings. The third-order valence-corrected chi connectivity index (χ3v) is 4.50. The molecule has 7 nitrogen and oxygen atoms in total. The topological polar surface area (TPSA) is 104 Å². The highest BCUT2D eigenvalue weighted by Crippen LogP contribution is 2.13. The molecule has 0 bridgehead atoms. The van der Waals surface area contributed by atoms with Gasteiger partial charge in [0.2, 0.25) is 15.9 Å². The molecule has 1 amide bonds. The van der Waals surface area contributed by atoms with Crippen molar-refractivity contribution in [1.82, 2.24) is 9.62 Å². The van der Waals surface area contributed by atoms with E-state index in [1.165, 1.54) is 12.1 Å². The standard InChI is InChI=1S/C14H19FN2O5S/c1-10(2)17(9-14(19)20)13(18)7-8-16-23(21,22)12-6-4-3-5-11(12)15/h3-6,10,16H,7-9H2,1-2H3,(H,19,20). The first kappa shape index (κ1) is 19.0. The van der Waals surface area contributed by atoms with Crippen molar-refractivity contribution < 1.29 is 27.5 Å². The Balaban J connectivity index is 2.67. The normalized spacial score (nSPS) is 11.5. The Morgan fingerprint density at radius 1 is 1.30 bits per heavy atom. The number of aliphatic carboxylic acids is 1. The minimum Gasteiger partial charge on any atom is -0.480 e. The van der Waals surface area contributed by atoms with Gasteiger partial charge in [-0.15, -0.1) is 0 Å². The summed E-state index contributed by atoms with van der Waals surface area (Å²) < 4.78 is 39.5. The van der Waals surface area contributed by atoms with Crippen LogP contribution in [0.15, 0.2) is 29.2 Å². The van der Waals surface area contributed by atoms with Crippen molar-refractivity contribution in [3.63, 3.8) is 0 Å². The minimum absolute atomic E-state index is 0.223. The van der Waals surface area contributed by atoms with Crippen molar-refractivity contribution in [1.29, 1.82) is 0 Å². The molecule has 9 heteroatoms. The fraction of sp³-hybridized carbons (Fsp3) is 0.429. The molecule has 0 atom stereocenters. The Morgan fingerprint density at radius 3 is 2.43 bits per heavy atom. The van der Waals surface area contributed by atoms with Crippen LogP contribution in [-0.2, 0) is 19.6 Å². The second-order valence-electron chi connectivity index (χ2n) is 5.09. The molecule has 0 aliphatic rings. The van der Waals surface area contributed by atoms with Crippen molar-refractivity contribution in [2.24, 2.45) is 0 Å². The van der Waals surface area contributed by atoms with Crippen molar-refractivity contribution in [3.05, 3.63) is 30.1 Å². The molecule has 0 radical (unpaired) electrons. The SMILES string of the molecule is CC(C)N(CC(=O)O)C(=O)CCNS(=O)(=O)c1ccccc1F. The van der Waals surface area contributed by atoms with Gasteiger partial charge in [0, 0.05) is 19.0 Å². The molecular weight excluding hydrogens is 327 g/mol. The number of nitrogens with zero attached hydrogens (tertiary/aromatic N) is 1. The lowest BCUT2D eigenvalue weighted by atomic mass is 10.2. The number of hydrogen-bond donors (Lipinski definition) is 2. The van der Waals surface area contributed by atoms with Crippen LogP contribution in [-0.4, -0.2) is 49.4 Å². The summed E-state index contributed by atoms with van der Waals surface area (Å²) in [4.78, 5) is 23.3. The van der Waals surface area contributed by atoms with Crippen molar-refractivity contribution in [2.75, 3.05) is 13.1 Å². The fourth-order valence-electron chi connectivity index (χ4n) is 1.88. The zero-order valence-corrected chi connectivity index (χ0v) is 13.6. The van der Waals surface area contributed by atoms with Gasteiger partial charge in [0.25, 0.3) is 0 Å². The highest BCUT2D eigenvalue weighted by molar-refractivity contribution is 7.89. The largest absolute Gasteiger partial charge is 0.480 e. The van der Waals surface area contributed by atoms with Crippen LogP contribution < -0.4 is 4.72 Å². The van der Waals surface area contributed by atoms with Gasteiger partial charge in [-0.05, 0) is 26.0 Å². The predicted molar refractivity (Wildman–Crippen MR) is 80.7 cm³/mol. The number of rotatable bonds is 8. The van der Waals surface area contributed by atoms with E-state index in [0.29, 0.717) is 0 Å². The van der Waals surface area contributed by atoms with E-state index in [2.05, 4.69) is 4.72 Å². The average molecular weight is 346 g/mol. The number of halogens is 1. The van der Waals surface area contributed by atoms with Crippen LogP contribution in [0.25, 0.3) is 0 Å². The summed E-state index contributed by atoms with van der Waals surface area (Å²) in [6.45, 7) is 2.60. The summed E-state index contributed by atoms with van der Waals surface area (Å²) in [7, 11) is -4.07. The van der Waals surface area contributed by atoms with E-state index >= 15 is 0 Å². The lowest BCUT2D eigenvalue weighted by Crippen LogP contribution is -2.42. The van der Waals surface area contributed by atoms with E-state index in [9.17, 15) is 22.4 Å². The van der Waals surface area contributed by atoms with Crippen LogP contribution in [0.4, 0.5) is 4.39 Å². The van der Waals surface area contributed by atoms with Crippen LogP contribution in [0.2, 0.25) is 0 Å². The number of sulfonamides is 1. The van der Waals surface area contributed by atoms with Gasteiger partial charge in [0.1, 0.15) is 17.3 Å². The number of carboxylic acid groups (broad SMARTS) is 1. The van der Waals surface area contributed by atoms with E-state index in [1.807, 2.05) is 0 Å². The first-order chi connectivity index (χ1) is 10.6. The molecule has 0 heterocycles. The van der Waals surface area contributed by atoms with Gasteiger partial charge in [0.05, 0.1) is 0 Å². The van der Waals surface area contributed by atoms with E-state index in [4.69, 9.17) is 5.11 Å². The number of benzene rings is 1. The summed E-state index contributed by atoms with van der Waals surface area (Å²) in [6.07, 6.45) is -0.223. The summed E-state index contributed by atoms with van der Waals surface area (Å²) >= 11 is 0. The summed E-state index contributed by atoms with van der Waals surface area (Å²) in [5, 5.41) is 8.77. The fourth-order valence-corrected chi connectivity index (χ4v) is 2.99. The Hall–Kier alpha value is -2.00. The third kappa shape index (κ3) is 5.61. The highest BCUT2D eigenvalue weighted by Gasteiger charge is 2.22. The van der Waals surface area contributed by atoms with Gasteiger partial charge in [-0.2, -0.15) is 0 Å². The minimum atomic E-state index is -4.07. The second kappa shape index (κ2) is 8.02. The zero-order chi connectivity index (χ0) is 17.6. The van der Waals surface area contributed by atoms with Crippen LogP contribution in [0, 0.1) is 5.82 Å². The maximum absolute atomic E-state index is 13.5. The predicted octanol–water partition coefficient (Wildman–Crippen LogP) is 0.816. The molecule has 0 aliphatic carbocycles. The summed E-state index contributed by atoms with van der Waals surface area (Å²) in [6, 6.07) is 4.56. The quantitative estimate of drug-likeness (QED) is 0.725. The molecule has 0 fully saturated rings. The molecule has 0 saturated carbocycles. The monoisotopic (exact) mass is 346 g/mol. The maximum atomic E-state index is 13.5. The maximum Gasteiger partial charge on any atom is 0.323 e. The number of amides is 1. The summed E-state index contributed by atoms with van der Waals surface area (Å²) in [5.41, 5.74) is 0. The molecular formula is C14H19FN2O5S. The molecule has 2 N–H and O–H groups in total. The lowest BCUT2D eigenvalue weighted by molar-refractivity contribution is -0.145. The van der Waals surface area contributed by atoms with Crippen LogP contribution >= 0.6 is 0 Å². The van der Waals surface area contributed by atoms with Crippen LogP contribution in [0.1, 0.15) is 20.3 Å². The van der Waals surface area contributed by atoms with Gasteiger partial charge in [-0.3, -0.25) is 9.59 Å². The van der Waals surface area contributed by atoms with Crippen molar-refractivity contribution in [3.8, 4) is 0 Å². The Labute approximate surface area is 134 Å². The molecule has 0 saturated heterocycles. The van der Waals surface area contributed by atoms with Gasteiger partial charge >= 0.3 is 5.97 Å². The Morgan fingerprint density at radius 2 is 1.91 bits per heavy atom. The molecule has 23 heavy (non-hydrogen) atoms. The molecule has 0 spiro atoms. The number of nitrogens with one attached hydrogen (secondary N) is 1. The number of carbonyl (C=O) groups excluding carboxylic acids is 1. The Bertz CT molecular complexity index is 676. The summed E-state index contributed by atoms with van der Waals surface area (Å²) in [5.74, 6) is -2.54. The van der Waals surface area contributed by atoms with Gasteiger partial charge in [0.15, 0.2) is 0 Å². The van der Waals surface area contributed by atoms with E-state index in [-0.39, 0.29) is 19.0 Å².